The van der Waals surface area contributed by atoms with E-state index in [2.05, 4.69) is 6.07 Å². The fourth-order valence-electron chi connectivity index (χ4n) is 2.07. The van der Waals surface area contributed by atoms with Gasteiger partial charge >= 0.3 is 0 Å². The SMILES string of the molecule is CCOc1cc(C#N)cc2c1OCC(C)(C)C2O. The number of rotatable bonds is 2. The highest BCUT2D eigenvalue weighted by atomic mass is 16.5. The van der Waals surface area contributed by atoms with Gasteiger partial charge in [0.15, 0.2) is 11.5 Å². The topological polar surface area (TPSA) is 62.5 Å². The molecular formula is C14H17NO3. The molecule has 0 aromatic heterocycles. The van der Waals surface area contributed by atoms with Crippen LogP contribution < -0.4 is 9.47 Å². The summed E-state index contributed by atoms with van der Waals surface area (Å²) in [5, 5.41) is 19.4. The monoisotopic (exact) mass is 247 g/mol. The Morgan fingerprint density at radius 3 is 2.89 bits per heavy atom. The molecule has 0 aliphatic carbocycles. The predicted molar refractivity (Wildman–Crippen MR) is 66.6 cm³/mol. The van der Waals surface area contributed by atoms with E-state index in [1.165, 1.54) is 0 Å². The summed E-state index contributed by atoms with van der Waals surface area (Å²) in [6.07, 6.45) is -0.659. The minimum Gasteiger partial charge on any atom is -0.490 e. The quantitative estimate of drug-likeness (QED) is 0.871. The number of hydrogen-bond donors (Lipinski definition) is 1. The Bertz CT molecular complexity index is 502. The summed E-state index contributed by atoms with van der Waals surface area (Å²) in [5.41, 5.74) is 0.733. The van der Waals surface area contributed by atoms with Crippen molar-refractivity contribution in [2.75, 3.05) is 13.2 Å². The fraction of sp³-hybridized carbons (Fsp3) is 0.500. The molecule has 1 heterocycles. The summed E-state index contributed by atoms with van der Waals surface area (Å²) in [6, 6.07) is 5.39. The van der Waals surface area contributed by atoms with Crippen molar-refractivity contribution in [1.82, 2.24) is 0 Å². The zero-order chi connectivity index (χ0) is 13.3. The van der Waals surface area contributed by atoms with Gasteiger partial charge in [0.1, 0.15) is 0 Å². The first-order valence-electron chi connectivity index (χ1n) is 6.01. The highest BCUT2D eigenvalue weighted by Gasteiger charge is 2.38. The van der Waals surface area contributed by atoms with Crippen molar-refractivity contribution < 1.29 is 14.6 Å². The largest absolute Gasteiger partial charge is 0.490 e. The van der Waals surface area contributed by atoms with Crippen molar-refractivity contribution in [3.8, 4) is 17.6 Å². The van der Waals surface area contributed by atoms with E-state index in [1.807, 2.05) is 20.8 Å². The Hall–Kier alpha value is -1.73. The van der Waals surface area contributed by atoms with Gasteiger partial charge in [-0.05, 0) is 13.0 Å². The number of fused-ring (bicyclic) bond motifs is 1. The van der Waals surface area contributed by atoms with Gasteiger partial charge in [-0.25, -0.2) is 0 Å². The molecule has 2 rings (SSSR count). The van der Waals surface area contributed by atoms with Crippen LogP contribution in [0, 0.1) is 16.7 Å². The smallest absolute Gasteiger partial charge is 0.167 e. The Morgan fingerprint density at radius 1 is 1.56 bits per heavy atom. The Balaban J connectivity index is 2.56. The van der Waals surface area contributed by atoms with E-state index >= 15 is 0 Å². The van der Waals surface area contributed by atoms with Gasteiger partial charge in [-0.2, -0.15) is 5.26 Å². The molecule has 1 atom stereocenters. The highest BCUT2D eigenvalue weighted by molar-refractivity contribution is 5.54. The maximum Gasteiger partial charge on any atom is 0.167 e. The molecule has 0 fully saturated rings. The van der Waals surface area contributed by atoms with Crippen LogP contribution in [0.25, 0.3) is 0 Å². The van der Waals surface area contributed by atoms with Crippen LogP contribution >= 0.6 is 0 Å². The average molecular weight is 247 g/mol. The van der Waals surface area contributed by atoms with E-state index in [1.54, 1.807) is 12.1 Å². The van der Waals surface area contributed by atoms with Crippen molar-refractivity contribution in [2.24, 2.45) is 5.41 Å². The van der Waals surface area contributed by atoms with Crippen LogP contribution in [0.1, 0.15) is 38.0 Å². The molecule has 0 bridgehead atoms. The number of aliphatic hydroxyl groups is 1. The van der Waals surface area contributed by atoms with Crippen LogP contribution in [0.5, 0.6) is 11.5 Å². The van der Waals surface area contributed by atoms with Gasteiger partial charge in [0.25, 0.3) is 0 Å². The van der Waals surface area contributed by atoms with E-state index in [0.29, 0.717) is 35.8 Å². The van der Waals surface area contributed by atoms with Gasteiger partial charge < -0.3 is 14.6 Å². The molecule has 1 N–H and O–H groups in total. The number of nitriles is 1. The molecule has 0 spiro atoms. The number of benzene rings is 1. The highest BCUT2D eigenvalue weighted by Crippen LogP contribution is 2.47. The first-order valence-corrected chi connectivity index (χ1v) is 6.01. The fourth-order valence-corrected chi connectivity index (χ4v) is 2.07. The van der Waals surface area contributed by atoms with Crippen molar-refractivity contribution in [1.29, 1.82) is 5.26 Å². The molecule has 0 radical (unpaired) electrons. The minimum atomic E-state index is -0.659. The maximum absolute atomic E-state index is 10.4. The van der Waals surface area contributed by atoms with Crippen LogP contribution in [-0.2, 0) is 0 Å². The average Bonchev–Trinajstić information content (AvgIpc) is 2.34. The third-order valence-electron chi connectivity index (χ3n) is 3.14. The molecular weight excluding hydrogens is 230 g/mol. The number of aliphatic hydroxyl groups excluding tert-OH is 1. The summed E-state index contributed by atoms with van der Waals surface area (Å²) in [5.74, 6) is 1.09. The zero-order valence-electron chi connectivity index (χ0n) is 10.9. The number of ether oxygens (including phenoxy) is 2. The van der Waals surface area contributed by atoms with Gasteiger partial charge in [-0.3, -0.25) is 0 Å². The summed E-state index contributed by atoms with van der Waals surface area (Å²) < 4.78 is 11.2. The van der Waals surface area contributed by atoms with Gasteiger partial charge in [0.05, 0.1) is 31.0 Å². The molecule has 4 nitrogen and oxygen atoms in total. The molecule has 0 amide bonds. The molecule has 1 aliphatic heterocycles. The Labute approximate surface area is 107 Å². The van der Waals surface area contributed by atoms with Gasteiger partial charge in [-0.1, -0.05) is 13.8 Å². The van der Waals surface area contributed by atoms with Crippen LogP contribution in [0.3, 0.4) is 0 Å². The Kier molecular flexibility index (Phi) is 3.18. The lowest BCUT2D eigenvalue weighted by molar-refractivity contribution is -0.00864. The second-order valence-corrected chi connectivity index (χ2v) is 5.12. The summed E-state index contributed by atoms with van der Waals surface area (Å²) in [4.78, 5) is 0. The van der Waals surface area contributed by atoms with E-state index in [9.17, 15) is 5.11 Å². The zero-order valence-corrected chi connectivity index (χ0v) is 10.9. The second-order valence-electron chi connectivity index (χ2n) is 5.12. The molecule has 1 aromatic rings. The van der Waals surface area contributed by atoms with E-state index < -0.39 is 6.10 Å². The summed E-state index contributed by atoms with van der Waals surface area (Å²) >= 11 is 0. The van der Waals surface area contributed by atoms with Gasteiger partial charge in [0.2, 0.25) is 0 Å². The lowest BCUT2D eigenvalue weighted by Gasteiger charge is -2.37. The minimum absolute atomic E-state index is 0.370. The van der Waals surface area contributed by atoms with Crippen molar-refractivity contribution in [3.63, 3.8) is 0 Å². The molecule has 0 saturated carbocycles. The molecule has 1 unspecified atom stereocenters. The number of hydrogen-bond acceptors (Lipinski definition) is 4. The van der Waals surface area contributed by atoms with E-state index in [4.69, 9.17) is 14.7 Å². The molecule has 4 heteroatoms. The predicted octanol–water partition coefficient (Wildman–Crippen LogP) is 2.41. The van der Waals surface area contributed by atoms with Crippen molar-refractivity contribution >= 4 is 0 Å². The van der Waals surface area contributed by atoms with Crippen LogP contribution in [0.15, 0.2) is 12.1 Å². The van der Waals surface area contributed by atoms with E-state index in [0.717, 1.165) is 0 Å². The van der Waals surface area contributed by atoms with Gasteiger partial charge in [0, 0.05) is 17.0 Å². The van der Waals surface area contributed by atoms with Crippen LogP contribution in [0.2, 0.25) is 0 Å². The molecule has 0 saturated heterocycles. The molecule has 1 aromatic carbocycles. The van der Waals surface area contributed by atoms with Crippen molar-refractivity contribution in [3.05, 3.63) is 23.3 Å². The second kappa shape index (κ2) is 4.51. The molecule has 1 aliphatic rings. The standard InChI is InChI=1S/C14H17NO3/c1-4-17-11-6-9(7-15)5-10-12(11)18-8-14(2,3)13(10)16/h5-6,13,16H,4,8H2,1-3H3. The lowest BCUT2D eigenvalue weighted by Crippen LogP contribution is -2.33. The third-order valence-corrected chi connectivity index (χ3v) is 3.14. The van der Waals surface area contributed by atoms with Crippen LogP contribution in [-0.4, -0.2) is 18.3 Å². The molecule has 18 heavy (non-hydrogen) atoms. The Morgan fingerprint density at radius 2 is 2.28 bits per heavy atom. The van der Waals surface area contributed by atoms with E-state index in [-0.39, 0.29) is 5.41 Å². The number of nitrogens with zero attached hydrogens (tertiary/aromatic N) is 1. The van der Waals surface area contributed by atoms with Gasteiger partial charge in [-0.15, -0.1) is 0 Å². The first kappa shape index (κ1) is 12.7. The summed E-state index contributed by atoms with van der Waals surface area (Å²) in [6.45, 7) is 6.64. The first-order chi connectivity index (χ1) is 8.49. The van der Waals surface area contributed by atoms with Crippen molar-refractivity contribution in [2.45, 2.75) is 26.9 Å². The normalized spacial score (nSPS) is 20.5. The summed E-state index contributed by atoms with van der Waals surface area (Å²) in [7, 11) is 0. The van der Waals surface area contributed by atoms with Crippen LogP contribution in [0.4, 0.5) is 0 Å². The third kappa shape index (κ3) is 2.02. The molecule has 96 valence electrons. The maximum atomic E-state index is 10.4. The lowest BCUT2D eigenvalue weighted by atomic mass is 9.81.